The average molecular weight is 417 g/mol. The molecule has 5 aromatic rings. The molecule has 1 N–H and O–H groups in total. The fourth-order valence-electron chi connectivity index (χ4n) is 3.57. The first-order valence-electron chi connectivity index (χ1n) is 9.23. The van der Waals surface area contributed by atoms with Crippen molar-refractivity contribution < 1.29 is 13.6 Å². The van der Waals surface area contributed by atoms with Gasteiger partial charge in [-0.2, -0.15) is 0 Å². The summed E-state index contributed by atoms with van der Waals surface area (Å²) in [5.41, 5.74) is 4.32. The van der Waals surface area contributed by atoms with Crippen LogP contribution >= 0.6 is 11.6 Å². The van der Waals surface area contributed by atoms with Gasteiger partial charge in [0.2, 0.25) is 0 Å². The minimum atomic E-state index is -0.477. The summed E-state index contributed by atoms with van der Waals surface area (Å²) in [7, 11) is 0. The Morgan fingerprint density at radius 1 is 0.933 bits per heavy atom. The SMILES string of the molecule is O=C(Nc1ccc(-c2ccccc2Cl)c(F)c1)c1c(-c2ccncc2)c2ccc1o2. The van der Waals surface area contributed by atoms with Crippen LogP contribution in [-0.4, -0.2) is 10.9 Å². The van der Waals surface area contributed by atoms with Gasteiger partial charge in [0.25, 0.3) is 5.91 Å². The number of carbonyl (C=O) groups excluding carboxylic acids is 1. The van der Waals surface area contributed by atoms with Gasteiger partial charge in [-0.3, -0.25) is 9.78 Å². The highest BCUT2D eigenvalue weighted by molar-refractivity contribution is 6.33. The smallest absolute Gasteiger partial charge is 0.260 e. The number of nitrogens with one attached hydrogen (secondary N) is 1. The first kappa shape index (κ1) is 18.3. The molecule has 146 valence electrons. The molecular formula is C24H14ClFN2O2. The molecule has 1 amide bonds. The highest BCUT2D eigenvalue weighted by Gasteiger charge is 2.24. The lowest BCUT2D eigenvalue weighted by Crippen LogP contribution is -2.13. The molecule has 3 heterocycles. The minimum absolute atomic E-state index is 0.340. The van der Waals surface area contributed by atoms with E-state index in [4.69, 9.17) is 16.0 Å². The number of anilines is 1. The number of fused-ring (bicyclic) bond motifs is 2. The molecule has 2 aromatic carbocycles. The van der Waals surface area contributed by atoms with E-state index < -0.39 is 5.82 Å². The highest BCUT2D eigenvalue weighted by Crippen LogP contribution is 2.37. The molecular weight excluding hydrogens is 403 g/mol. The van der Waals surface area contributed by atoms with E-state index in [2.05, 4.69) is 10.3 Å². The van der Waals surface area contributed by atoms with Crippen LogP contribution in [0.3, 0.4) is 0 Å². The Bertz CT molecular complexity index is 1360. The maximum Gasteiger partial charge on any atom is 0.260 e. The van der Waals surface area contributed by atoms with Crippen LogP contribution in [0.25, 0.3) is 33.4 Å². The Hall–Kier alpha value is -3.70. The van der Waals surface area contributed by atoms with Crippen molar-refractivity contribution in [3.05, 3.63) is 95.5 Å². The molecule has 0 radical (unpaired) electrons. The molecule has 0 fully saturated rings. The molecule has 0 aliphatic heterocycles. The Labute approximate surface area is 176 Å². The van der Waals surface area contributed by atoms with Gasteiger partial charge in [-0.25, -0.2) is 4.39 Å². The number of amides is 1. The first-order valence-corrected chi connectivity index (χ1v) is 9.60. The third-order valence-electron chi connectivity index (χ3n) is 4.94. The number of hydrogen-bond acceptors (Lipinski definition) is 3. The van der Waals surface area contributed by atoms with Crippen LogP contribution in [-0.2, 0) is 0 Å². The number of hydrogen-bond donors (Lipinski definition) is 1. The Balaban J connectivity index is 1.48. The number of benzene rings is 3. The average Bonchev–Trinajstić information content (AvgIpc) is 3.37. The van der Waals surface area contributed by atoms with E-state index in [0.717, 1.165) is 5.56 Å². The molecule has 0 spiro atoms. The number of carbonyl (C=O) groups is 1. The second kappa shape index (κ2) is 7.28. The molecule has 0 aliphatic rings. The minimum Gasteiger partial charge on any atom is -0.456 e. The van der Waals surface area contributed by atoms with Crippen molar-refractivity contribution >= 4 is 34.4 Å². The van der Waals surface area contributed by atoms with Crippen LogP contribution in [0.5, 0.6) is 0 Å². The van der Waals surface area contributed by atoms with Crippen LogP contribution in [0, 0.1) is 5.82 Å². The third kappa shape index (κ3) is 3.09. The third-order valence-corrected chi connectivity index (χ3v) is 5.27. The van der Waals surface area contributed by atoms with Crippen molar-refractivity contribution in [1.82, 2.24) is 4.98 Å². The lowest BCUT2D eigenvalue weighted by molar-refractivity contribution is 0.102. The van der Waals surface area contributed by atoms with Gasteiger partial charge in [0.1, 0.15) is 17.0 Å². The van der Waals surface area contributed by atoms with Crippen LogP contribution in [0.1, 0.15) is 10.4 Å². The van der Waals surface area contributed by atoms with Crippen LogP contribution < -0.4 is 5.32 Å². The first-order chi connectivity index (χ1) is 14.6. The fourth-order valence-corrected chi connectivity index (χ4v) is 3.81. The van der Waals surface area contributed by atoms with Crippen LogP contribution in [0.15, 0.2) is 83.5 Å². The van der Waals surface area contributed by atoms with Gasteiger partial charge in [-0.15, -0.1) is 0 Å². The summed E-state index contributed by atoms with van der Waals surface area (Å²) < 4.78 is 20.5. The quantitative estimate of drug-likeness (QED) is 0.357. The van der Waals surface area contributed by atoms with Crippen LogP contribution in [0.2, 0.25) is 5.02 Å². The monoisotopic (exact) mass is 416 g/mol. The van der Waals surface area contributed by atoms with Crippen molar-refractivity contribution in [2.45, 2.75) is 0 Å². The lowest BCUT2D eigenvalue weighted by atomic mass is 10.00. The number of furan rings is 2. The Kier molecular flexibility index (Phi) is 4.45. The summed E-state index contributed by atoms with van der Waals surface area (Å²) >= 11 is 6.18. The molecule has 4 nitrogen and oxygen atoms in total. The van der Waals surface area contributed by atoms with Gasteiger partial charge < -0.3 is 9.73 Å². The van der Waals surface area contributed by atoms with Gasteiger partial charge >= 0.3 is 0 Å². The predicted molar refractivity (Wildman–Crippen MR) is 115 cm³/mol. The van der Waals surface area contributed by atoms with Crippen molar-refractivity contribution in [3.63, 3.8) is 0 Å². The molecule has 5 rings (SSSR count). The van der Waals surface area contributed by atoms with Gasteiger partial charge in [-0.05, 0) is 54.1 Å². The van der Waals surface area contributed by atoms with Crippen molar-refractivity contribution in [3.8, 4) is 22.3 Å². The van der Waals surface area contributed by atoms with Crippen LogP contribution in [0.4, 0.5) is 10.1 Å². The molecule has 0 unspecified atom stereocenters. The van der Waals surface area contributed by atoms with Crippen molar-refractivity contribution in [2.75, 3.05) is 5.32 Å². The lowest BCUT2D eigenvalue weighted by Gasteiger charge is -2.10. The number of nitrogens with zero attached hydrogens (tertiary/aromatic N) is 1. The van der Waals surface area contributed by atoms with E-state index in [1.807, 2.05) is 18.2 Å². The predicted octanol–water partition coefficient (Wildman–Crippen LogP) is 6.64. The van der Waals surface area contributed by atoms with E-state index >= 15 is 0 Å². The van der Waals surface area contributed by atoms with E-state index in [9.17, 15) is 9.18 Å². The molecule has 30 heavy (non-hydrogen) atoms. The molecule has 0 saturated heterocycles. The van der Waals surface area contributed by atoms with Gasteiger partial charge in [0.15, 0.2) is 0 Å². The highest BCUT2D eigenvalue weighted by atomic mass is 35.5. The van der Waals surface area contributed by atoms with Gasteiger partial charge in [-0.1, -0.05) is 29.8 Å². The number of rotatable bonds is 4. The zero-order valence-electron chi connectivity index (χ0n) is 15.5. The maximum atomic E-state index is 14.8. The fraction of sp³-hybridized carbons (Fsp3) is 0. The summed E-state index contributed by atoms with van der Waals surface area (Å²) in [4.78, 5) is 17.0. The molecule has 0 aliphatic carbocycles. The molecule has 6 heteroatoms. The standard InChI is InChI=1S/C24H14ClFN2O2/c25-18-4-2-1-3-16(18)17-6-5-15(13-19(17)26)28-24(29)23-21-8-7-20(30-21)22(23)14-9-11-27-12-10-14/h1-13H,(H,28,29). The van der Waals surface area contributed by atoms with Crippen molar-refractivity contribution in [2.24, 2.45) is 0 Å². The molecule has 3 aromatic heterocycles. The molecule has 2 bridgehead atoms. The molecule has 0 atom stereocenters. The van der Waals surface area contributed by atoms with E-state index in [0.29, 0.717) is 44.1 Å². The van der Waals surface area contributed by atoms with E-state index in [-0.39, 0.29) is 5.91 Å². The van der Waals surface area contributed by atoms with Gasteiger partial charge in [0, 0.05) is 39.8 Å². The second-order valence-corrected chi connectivity index (χ2v) is 7.19. The summed E-state index contributed by atoms with van der Waals surface area (Å²) in [5, 5.41) is 3.23. The zero-order chi connectivity index (χ0) is 20.7. The summed E-state index contributed by atoms with van der Waals surface area (Å²) in [6, 6.07) is 18.7. The second-order valence-electron chi connectivity index (χ2n) is 6.78. The summed E-state index contributed by atoms with van der Waals surface area (Å²) in [5.74, 6) is -0.851. The van der Waals surface area contributed by atoms with E-state index in [1.54, 1.807) is 54.9 Å². The Morgan fingerprint density at radius 3 is 2.47 bits per heavy atom. The Morgan fingerprint density at radius 2 is 1.70 bits per heavy atom. The number of halogens is 2. The normalized spacial score (nSPS) is 11.1. The van der Waals surface area contributed by atoms with Crippen molar-refractivity contribution in [1.29, 1.82) is 0 Å². The van der Waals surface area contributed by atoms with Gasteiger partial charge in [0.05, 0.1) is 5.56 Å². The maximum absolute atomic E-state index is 14.8. The summed E-state index contributed by atoms with van der Waals surface area (Å²) in [6.07, 6.45) is 3.31. The van der Waals surface area contributed by atoms with E-state index in [1.165, 1.54) is 6.07 Å². The molecule has 0 saturated carbocycles. The zero-order valence-corrected chi connectivity index (χ0v) is 16.3. The number of aromatic nitrogens is 1. The number of pyridine rings is 1. The largest absolute Gasteiger partial charge is 0.456 e. The summed E-state index contributed by atoms with van der Waals surface area (Å²) in [6.45, 7) is 0. The topological polar surface area (TPSA) is 55.1 Å².